The predicted octanol–water partition coefficient (Wildman–Crippen LogP) is 1.32. The Morgan fingerprint density at radius 1 is 1.24 bits per heavy atom. The van der Waals surface area contributed by atoms with Crippen LogP contribution < -0.4 is 5.73 Å². The molecule has 1 fully saturated rings. The van der Waals surface area contributed by atoms with Crippen molar-refractivity contribution in [3.8, 4) is 0 Å². The van der Waals surface area contributed by atoms with E-state index in [1.165, 1.54) is 12.1 Å². The summed E-state index contributed by atoms with van der Waals surface area (Å²) in [6.45, 7) is 3.68. The molecule has 1 aliphatic heterocycles. The van der Waals surface area contributed by atoms with Gasteiger partial charge in [-0.05, 0) is 25.1 Å². The summed E-state index contributed by atoms with van der Waals surface area (Å²) in [5.74, 6) is -0.729. The van der Waals surface area contributed by atoms with Crippen LogP contribution in [-0.2, 0) is 4.74 Å². The van der Waals surface area contributed by atoms with Crippen molar-refractivity contribution in [3.05, 3.63) is 29.6 Å². The zero-order valence-corrected chi connectivity index (χ0v) is 11.8. The largest absolute Gasteiger partial charge is 0.450 e. The molecule has 0 atom stereocenters. The summed E-state index contributed by atoms with van der Waals surface area (Å²) in [5, 5.41) is 0. The SMILES string of the molecule is CCOC(=O)N1CCN(C(=O)c2ccc(F)cc2N)CC1. The molecule has 2 rings (SSSR count). The summed E-state index contributed by atoms with van der Waals surface area (Å²) < 4.78 is 17.9. The number of halogens is 1. The number of nitrogens with two attached hydrogens (primary N) is 1. The Hall–Kier alpha value is -2.31. The van der Waals surface area contributed by atoms with E-state index < -0.39 is 5.82 Å². The first-order valence-corrected chi connectivity index (χ1v) is 6.79. The van der Waals surface area contributed by atoms with Crippen LogP contribution in [0.1, 0.15) is 17.3 Å². The number of ether oxygens (including phenoxy) is 1. The molecule has 21 heavy (non-hydrogen) atoms. The molecule has 1 saturated heterocycles. The minimum absolute atomic E-state index is 0.118. The third kappa shape index (κ3) is 3.42. The van der Waals surface area contributed by atoms with E-state index in [2.05, 4.69) is 0 Å². The van der Waals surface area contributed by atoms with Gasteiger partial charge < -0.3 is 20.3 Å². The van der Waals surface area contributed by atoms with E-state index in [0.717, 1.165) is 6.07 Å². The third-order valence-corrected chi connectivity index (χ3v) is 3.34. The maximum absolute atomic E-state index is 13.0. The standard InChI is InChI=1S/C14H18FN3O3/c1-2-21-14(20)18-7-5-17(6-8-18)13(19)11-4-3-10(15)9-12(11)16/h3-4,9H,2,5-8,16H2,1H3. The molecule has 0 aliphatic carbocycles. The van der Waals surface area contributed by atoms with Crippen molar-refractivity contribution in [3.63, 3.8) is 0 Å². The first-order chi connectivity index (χ1) is 10.0. The van der Waals surface area contributed by atoms with Gasteiger partial charge in [-0.1, -0.05) is 0 Å². The van der Waals surface area contributed by atoms with Gasteiger partial charge in [-0.15, -0.1) is 0 Å². The number of anilines is 1. The maximum Gasteiger partial charge on any atom is 0.409 e. The van der Waals surface area contributed by atoms with Crippen molar-refractivity contribution in [2.45, 2.75) is 6.92 Å². The van der Waals surface area contributed by atoms with Gasteiger partial charge in [0.25, 0.3) is 5.91 Å². The van der Waals surface area contributed by atoms with Gasteiger partial charge in [-0.3, -0.25) is 4.79 Å². The van der Waals surface area contributed by atoms with Gasteiger partial charge in [0.15, 0.2) is 0 Å². The Balaban J connectivity index is 1.98. The Labute approximate surface area is 122 Å². The highest BCUT2D eigenvalue weighted by atomic mass is 19.1. The molecule has 0 unspecified atom stereocenters. The van der Waals surface area contributed by atoms with E-state index in [1.54, 1.807) is 16.7 Å². The van der Waals surface area contributed by atoms with Crippen molar-refractivity contribution >= 4 is 17.7 Å². The van der Waals surface area contributed by atoms with Crippen LogP contribution in [0.5, 0.6) is 0 Å². The van der Waals surface area contributed by atoms with Crippen LogP contribution in [0.25, 0.3) is 0 Å². The lowest BCUT2D eigenvalue weighted by Gasteiger charge is -2.34. The molecule has 1 heterocycles. The zero-order chi connectivity index (χ0) is 15.4. The normalized spacial score (nSPS) is 15.0. The van der Waals surface area contributed by atoms with Crippen molar-refractivity contribution in [1.82, 2.24) is 9.80 Å². The molecule has 1 aromatic rings. The summed E-state index contributed by atoms with van der Waals surface area (Å²) in [4.78, 5) is 27.1. The van der Waals surface area contributed by atoms with Crippen LogP contribution >= 0.6 is 0 Å². The lowest BCUT2D eigenvalue weighted by Crippen LogP contribution is -2.50. The highest BCUT2D eigenvalue weighted by molar-refractivity contribution is 5.99. The lowest BCUT2D eigenvalue weighted by atomic mass is 10.1. The van der Waals surface area contributed by atoms with E-state index in [4.69, 9.17) is 10.5 Å². The van der Waals surface area contributed by atoms with Crippen LogP contribution in [0.4, 0.5) is 14.9 Å². The van der Waals surface area contributed by atoms with Gasteiger partial charge >= 0.3 is 6.09 Å². The summed E-state index contributed by atoms with van der Waals surface area (Å²) >= 11 is 0. The summed E-state index contributed by atoms with van der Waals surface area (Å²) in [5.41, 5.74) is 6.07. The van der Waals surface area contributed by atoms with Crippen molar-refractivity contribution in [1.29, 1.82) is 0 Å². The van der Waals surface area contributed by atoms with Crippen molar-refractivity contribution < 1.29 is 18.7 Å². The van der Waals surface area contributed by atoms with Crippen LogP contribution in [0.2, 0.25) is 0 Å². The average Bonchev–Trinajstić information content (AvgIpc) is 2.47. The second-order valence-corrected chi connectivity index (χ2v) is 4.71. The number of benzene rings is 1. The molecular formula is C14H18FN3O3. The van der Waals surface area contributed by atoms with E-state index in [0.29, 0.717) is 32.8 Å². The zero-order valence-electron chi connectivity index (χ0n) is 11.8. The molecule has 0 radical (unpaired) electrons. The summed E-state index contributed by atoms with van der Waals surface area (Å²) in [6.07, 6.45) is -0.370. The second kappa shape index (κ2) is 6.43. The Morgan fingerprint density at radius 2 is 1.86 bits per heavy atom. The fourth-order valence-corrected chi connectivity index (χ4v) is 2.21. The third-order valence-electron chi connectivity index (χ3n) is 3.34. The van der Waals surface area contributed by atoms with Crippen molar-refractivity contribution in [2.24, 2.45) is 0 Å². The quantitative estimate of drug-likeness (QED) is 0.835. The molecule has 6 nitrogen and oxygen atoms in total. The number of rotatable bonds is 2. The minimum Gasteiger partial charge on any atom is -0.450 e. The molecule has 0 bridgehead atoms. The number of carbonyl (C=O) groups excluding carboxylic acids is 2. The topological polar surface area (TPSA) is 75.9 Å². The van der Waals surface area contributed by atoms with Crippen molar-refractivity contribution in [2.75, 3.05) is 38.5 Å². The number of amides is 2. The Morgan fingerprint density at radius 3 is 2.43 bits per heavy atom. The Bertz CT molecular complexity index is 542. The van der Waals surface area contributed by atoms with Crippen LogP contribution in [0, 0.1) is 5.82 Å². The molecule has 0 spiro atoms. The lowest BCUT2D eigenvalue weighted by molar-refractivity contribution is 0.0571. The molecular weight excluding hydrogens is 277 g/mol. The molecule has 1 aliphatic rings. The first kappa shape index (κ1) is 15.1. The van der Waals surface area contributed by atoms with Gasteiger partial charge in [-0.2, -0.15) is 0 Å². The fourth-order valence-electron chi connectivity index (χ4n) is 2.21. The van der Waals surface area contributed by atoms with Gasteiger partial charge in [0.2, 0.25) is 0 Å². The van der Waals surface area contributed by atoms with Gasteiger partial charge in [-0.25, -0.2) is 9.18 Å². The number of hydrogen-bond acceptors (Lipinski definition) is 4. The summed E-state index contributed by atoms with van der Waals surface area (Å²) in [7, 11) is 0. The Kier molecular flexibility index (Phi) is 4.62. The average molecular weight is 295 g/mol. The highest BCUT2D eigenvalue weighted by Crippen LogP contribution is 2.17. The van der Waals surface area contributed by atoms with E-state index in [-0.39, 0.29) is 23.3 Å². The molecule has 7 heteroatoms. The molecule has 0 saturated carbocycles. The van der Waals surface area contributed by atoms with Gasteiger partial charge in [0, 0.05) is 31.9 Å². The fraction of sp³-hybridized carbons (Fsp3) is 0.429. The maximum atomic E-state index is 13.0. The smallest absolute Gasteiger partial charge is 0.409 e. The van der Waals surface area contributed by atoms with Gasteiger partial charge in [0.1, 0.15) is 5.82 Å². The molecule has 2 N–H and O–H groups in total. The molecule has 1 aromatic carbocycles. The monoisotopic (exact) mass is 295 g/mol. The predicted molar refractivity (Wildman–Crippen MR) is 75.3 cm³/mol. The van der Waals surface area contributed by atoms with Crippen LogP contribution in [-0.4, -0.2) is 54.6 Å². The molecule has 114 valence electrons. The molecule has 0 aromatic heterocycles. The molecule has 2 amide bonds. The summed E-state index contributed by atoms with van der Waals surface area (Å²) in [6, 6.07) is 3.71. The second-order valence-electron chi connectivity index (χ2n) is 4.71. The minimum atomic E-state index is -0.476. The first-order valence-electron chi connectivity index (χ1n) is 6.79. The van der Waals surface area contributed by atoms with Crippen LogP contribution in [0.15, 0.2) is 18.2 Å². The number of piperazine rings is 1. The number of carbonyl (C=O) groups is 2. The van der Waals surface area contributed by atoms with Crippen LogP contribution in [0.3, 0.4) is 0 Å². The highest BCUT2D eigenvalue weighted by Gasteiger charge is 2.26. The van der Waals surface area contributed by atoms with E-state index in [9.17, 15) is 14.0 Å². The number of nitrogen functional groups attached to an aromatic ring is 1. The number of hydrogen-bond donors (Lipinski definition) is 1. The number of nitrogens with zero attached hydrogens (tertiary/aromatic N) is 2. The van der Waals surface area contributed by atoms with Gasteiger partial charge in [0.05, 0.1) is 12.2 Å². The van der Waals surface area contributed by atoms with E-state index >= 15 is 0 Å². The van der Waals surface area contributed by atoms with E-state index in [1.807, 2.05) is 0 Å².